The number of hydrogen-bond donors (Lipinski definition) is 1. The van der Waals surface area contributed by atoms with Crippen molar-refractivity contribution in [1.82, 2.24) is 0 Å². The monoisotopic (exact) mass is 366 g/mol. The minimum Gasteiger partial charge on any atom is -0.415 e. The fourth-order valence-electron chi connectivity index (χ4n) is 2.26. The van der Waals surface area contributed by atoms with Crippen molar-refractivity contribution in [1.29, 1.82) is 0 Å². The van der Waals surface area contributed by atoms with Crippen molar-refractivity contribution < 1.29 is 23.1 Å². The molecule has 1 rings (SSSR count). The van der Waals surface area contributed by atoms with Crippen LogP contribution in [-0.4, -0.2) is 61.3 Å². The van der Waals surface area contributed by atoms with Gasteiger partial charge in [-0.25, -0.2) is 0 Å². The maximum atomic E-state index is 10.3. The van der Waals surface area contributed by atoms with Gasteiger partial charge in [0.15, 0.2) is 31.2 Å². The summed E-state index contributed by atoms with van der Waals surface area (Å²) in [6, 6.07) is 0. The summed E-state index contributed by atoms with van der Waals surface area (Å²) in [5.41, 5.74) is 0. The van der Waals surface area contributed by atoms with E-state index in [2.05, 4.69) is 58.9 Å². The second-order valence-corrected chi connectivity index (χ2v) is 22.3. The SMILES string of the molecule is C[Si](C)(C)OC[C@H]1O[C@H](O)[C@@H](O[Si](C)(C)C)[C@H]1O[Si](C)(C)C. The first-order chi connectivity index (χ1) is 9.68. The zero-order chi connectivity index (χ0) is 17.3. The van der Waals surface area contributed by atoms with E-state index in [0.29, 0.717) is 6.61 Å². The largest absolute Gasteiger partial charge is 0.415 e. The highest BCUT2D eigenvalue weighted by atomic mass is 28.4. The molecular formula is C14H34O5Si3. The van der Waals surface area contributed by atoms with Gasteiger partial charge in [-0.05, 0) is 58.9 Å². The third-order valence-electron chi connectivity index (χ3n) is 2.95. The quantitative estimate of drug-likeness (QED) is 0.702. The fraction of sp³-hybridized carbons (Fsp3) is 1.00. The van der Waals surface area contributed by atoms with Gasteiger partial charge in [0.1, 0.15) is 18.3 Å². The Hall–Kier alpha value is 0.451. The highest BCUT2D eigenvalue weighted by Crippen LogP contribution is 2.30. The molecule has 0 amide bonds. The van der Waals surface area contributed by atoms with E-state index in [0.717, 1.165) is 0 Å². The molecule has 0 aromatic carbocycles. The van der Waals surface area contributed by atoms with Gasteiger partial charge in [-0.15, -0.1) is 0 Å². The molecule has 1 saturated heterocycles. The minimum atomic E-state index is -1.81. The average molecular weight is 367 g/mol. The van der Waals surface area contributed by atoms with E-state index in [1.165, 1.54) is 0 Å². The van der Waals surface area contributed by atoms with E-state index in [1.807, 2.05) is 0 Å². The standard InChI is InChI=1S/C14H34O5Si3/c1-20(2,3)16-10-11-12(18-21(4,5)6)13(14(15)17-11)19-22(7,8)9/h11-15H,10H2,1-9H3/t11-,12+,13+,14+/m1/s1. The molecule has 0 spiro atoms. The molecule has 0 aliphatic carbocycles. The van der Waals surface area contributed by atoms with Gasteiger partial charge in [0, 0.05) is 0 Å². The zero-order valence-electron chi connectivity index (χ0n) is 15.6. The van der Waals surface area contributed by atoms with Crippen LogP contribution in [0.1, 0.15) is 0 Å². The summed E-state index contributed by atoms with van der Waals surface area (Å²) in [5.74, 6) is 0. The third-order valence-corrected chi connectivity index (χ3v) is 5.94. The number of ether oxygens (including phenoxy) is 1. The van der Waals surface area contributed by atoms with Crippen LogP contribution in [0, 0.1) is 0 Å². The van der Waals surface area contributed by atoms with Gasteiger partial charge in [0.05, 0.1) is 6.61 Å². The molecule has 4 atom stereocenters. The molecule has 0 aromatic heterocycles. The van der Waals surface area contributed by atoms with Crippen molar-refractivity contribution in [2.45, 2.75) is 83.5 Å². The predicted octanol–water partition coefficient (Wildman–Crippen LogP) is 3.00. The van der Waals surface area contributed by atoms with Crippen LogP contribution in [-0.2, 0) is 18.0 Å². The second kappa shape index (κ2) is 7.14. The van der Waals surface area contributed by atoms with Gasteiger partial charge in [-0.2, -0.15) is 0 Å². The third kappa shape index (κ3) is 7.35. The molecule has 0 radical (unpaired) electrons. The van der Waals surface area contributed by atoms with E-state index in [9.17, 15) is 5.11 Å². The highest BCUT2D eigenvalue weighted by molar-refractivity contribution is 6.70. The lowest BCUT2D eigenvalue weighted by Gasteiger charge is -2.33. The zero-order valence-corrected chi connectivity index (χ0v) is 18.6. The van der Waals surface area contributed by atoms with E-state index >= 15 is 0 Å². The van der Waals surface area contributed by atoms with Crippen molar-refractivity contribution in [2.24, 2.45) is 0 Å². The topological polar surface area (TPSA) is 57.2 Å². The van der Waals surface area contributed by atoms with Gasteiger partial charge in [-0.3, -0.25) is 0 Å². The van der Waals surface area contributed by atoms with Gasteiger partial charge in [-0.1, -0.05) is 0 Å². The summed E-state index contributed by atoms with van der Waals surface area (Å²) in [6.45, 7) is 19.6. The number of aliphatic hydroxyl groups excluding tert-OH is 1. The first kappa shape index (κ1) is 20.5. The highest BCUT2D eigenvalue weighted by Gasteiger charge is 2.48. The normalized spacial score (nSPS) is 30.8. The predicted molar refractivity (Wildman–Crippen MR) is 96.6 cm³/mol. The van der Waals surface area contributed by atoms with Crippen LogP contribution in [0.15, 0.2) is 0 Å². The molecular weight excluding hydrogens is 332 g/mol. The van der Waals surface area contributed by atoms with Crippen LogP contribution in [0.2, 0.25) is 58.9 Å². The summed E-state index contributed by atoms with van der Waals surface area (Å²) < 4.78 is 24.1. The van der Waals surface area contributed by atoms with Crippen molar-refractivity contribution in [3.05, 3.63) is 0 Å². The summed E-state index contributed by atoms with van der Waals surface area (Å²) in [6.07, 6.45) is -1.89. The molecule has 1 aliphatic heterocycles. The van der Waals surface area contributed by atoms with Crippen molar-refractivity contribution in [3.8, 4) is 0 Å². The molecule has 0 saturated carbocycles. The lowest BCUT2D eigenvalue weighted by molar-refractivity contribution is -0.128. The van der Waals surface area contributed by atoms with E-state index in [1.54, 1.807) is 0 Å². The van der Waals surface area contributed by atoms with Crippen LogP contribution in [0.25, 0.3) is 0 Å². The first-order valence-corrected chi connectivity index (χ1v) is 18.2. The molecule has 0 unspecified atom stereocenters. The van der Waals surface area contributed by atoms with Crippen molar-refractivity contribution >= 4 is 25.0 Å². The van der Waals surface area contributed by atoms with Crippen LogP contribution < -0.4 is 0 Å². The summed E-state index contributed by atoms with van der Waals surface area (Å²) in [4.78, 5) is 0. The molecule has 132 valence electrons. The molecule has 0 aromatic rings. The van der Waals surface area contributed by atoms with Crippen LogP contribution >= 0.6 is 0 Å². The Labute approximate surface area is 138 Å². The average Bonchev–Trinajstić information content (AvgIpc) is 2.49. The summed E-state index contributed by atoms with van der Waals surface area (Å²) in [7, 11) is -5.23. The van der Waals surface area contributed by atoms with Crippen molar-refractivity contribution in [3.63, 3.8) is 0 Å². The lowest BCUT2D eigenvalue weighted by atomic mass is 10.1. The summed E-state index contributed by atoms with van der Waals surface area (Å²) >= 11 is 0. The fourth-order valence-corrected chi connectivity index (χ4v) is 5.09. The molecule has 8 heteroatoms. The van der Waals surface area contributed by atoms with Gasteiger partial charge >= 0.3 is 0 Å². The van der Waals surface area contributed by atoms with Crippen LogP contribution in [0.5, 0.6) is 0 Å². The Balaban J connectivity index is 2.87. The van der Waals surface area contributed by atoms with Crippen LogP contribution in [0.3, 0.4) is 0 Å². The summed E-state index contributed by atoms with van der Waals surface area (Å²) in [5, 5.41) is 10.3. The Kier molecular flexibility index (Phi) is 6.65. The van der Waals surface area contributed by atoms with E-state index < -0.39 is 37.3 Å². The Morgan fingerprint density at radius 1 is 0.773 bits per heavy atom. The Morgan fingerprint density at radius 3 is 1.64 bits per heavy atom. The lowest BCUT2D eigenvalue weighted by Crippen LogP contribution is -2.49. The first-order valence-electron chi connectivity index (χ1n) is 8.01. The maximum Gasteiger partial charge on any atom is 0.184 e. The van der Waals surface area contributed by atoms with Crippen molar-refractivity contribution in [2.75, 3.05) is 6.61 Å². The smallest absolute Gasteiger partial charge is 0.184 e. The molecule has 1 fully saturated rings. The van der Waals surface area contributed by atoms with E-state index in [-0.39, 0.29) is 12.2 Å². The Morgan fingerprint density at radius 2 is 1.23 bits per heavy atom. The van der Waals surface area contributed by atoms with Crippen LogP contribution in [0.4, 0.5) is 0 Å². The molecule has 0 bridgehead atoms. The maximum absolute atomic E-state index is 10.3. The molecule has 1 heterocycles. The molecule has 1 N–H and O–H groups in total. The van der Waals surface area contributed by atoms with E-state index in [4.69, 9.17) is 18.0 Å². The number of hydrogen-bond acceptors (Lipinski definition) is 5. The van der Waals surface area contributed by atoms with Gasteiger partial charge in [0.2, 0.25) is 0 Å². The molecule has 1 aliphatic rings. The minimum absolute atomic E-state index is 0.259. The molecule has 5 nitrogen and oxygen atoms in total. The van der Waals surface area contributed by atoms with Gasteiger partial charge < -0.3 is 23.1 Å². The number of rotatable bonds is 7. The second-order valence-electron chi connectivity index (χ2n) is 8.88. The molecule has 22 heavy (non-hydrogen) atoms. The number of aliphatic hydroxyl groups is 1. The van der Waals surface area contributed by atoms with Gasteiger partial charge in [0.25, 0.3) is 0 Å². The Bertz CT molecular complexity index is 359.